The summed E-state index contributed by atoms with van der Waals surface area (Å²) in [5.41, 5.74) is 0. The molecule has 0 bridgehead atoms. The Balaban J connectivity index is 3.30. The van der Waals surface area contributed by atoms with Crippen molar-refractivity contribution in [1.82, 2.24) is 0 Å². The van der Waals surface area contributed by atoms with E-state index >= 15 is 0 Å². The van der Waals surface area contributed by atoms with E-state index < -0.39 is 6.67 Å². The highest BCUT2D eigenvalue weighted by Crippen LogP contribution is 1.98. The van der Waals surface area contributed by atoms with Crippen molar-refractivity contribution in [2.75, 3.05) is 19.2 Å². The highest BCUT2D eigenvalue weighted by molar-refractivity contribution is 6.18. The summed E-state index contributed by atoms with van der Waals surface area (Å²) in [6.07, 6.45) is 6.30. The molecule has 81 valence electrons. The molecule has 0 heterocycles. The van der Waals surface area contributed by atoms with Crippen molar-refractivity contribution in [2.45, 2.75) is 12.5 Å². The summed E-state index contributed by atoms with van der Waals surface area (Å²) in [6, 6.07) is 0. The molecule has 4 heteroatoms. The number of halogens is 2. The minimum atomic E-state index is -0.511. The van der Waals surface area contributed by atoms with Gasteiger partial charge in [0.2, 0.25) is 0 Å². The van der Waals surface area contributed by atoms with Gasteiger partial charge in [0.1, 0.15) is 12.8 Å². The third kappa shape index (κ3) is 9.39. The van der Waals surface area contributed by atoms with Gasteiger partial charge in [-0.1, -0.05) is 0 Å². The van der Waals surface area contributed by atoms with E-state index in [2.05, 4.69) is 6.92 Å². The molecule has 0 aromatic carbocycles. The van der Waals surface area contributed by atoms with Gasteiger partial charge in [0.15, 0.2) is 0 Å². The summed E-state index contributed by atoms with van der Waals surface area (Å²) in [5.74, 6) is 0.419. The van der Waals surface area contributed by atoms with Gasteiger partial charge in [-0.2, -0.15) is 0 Å². The zero-order valence-electron chi connectivity index (χ0n) is 7.99. The molecule has 0 saturated heterocycles. The van der Waals surface area contributed by atoms with Crippen molar-refractivity contribution in [3.8, 4) is 0 Å². The van der Waals surface area contributed by atoms with Crippen LogP contribution in [0.5, 0.6) is 0 Å². The molecule has 1 unspecified atom stereocenters. The molecule has 0 saturated carbocycles. The Labute approximate surface area is 89.3 Å². The summed E-state index contributed by atoms with van der Waals surface area (Å²) < 4.78 is 21.7. The molecule has 0 aliphatic heterocycles. The average Bonchev–Trinajstić information content (AvgIpc) is 2.18. The van der Waals surface area contributed by atoms with Gasteiger partial charge in [0, 0.05) is 12.3 Å². The van der Waals surface area contributed by atoms with Crippen molar-refractivity contribution in [3.05, 3.63) is 31.6 Å². The molecule has 0 N–H and O–H groups in total. The molecule has 0 fully saturated rings. The summed E-state index contributed by atoms with van der Waals surface area (Å²) in [7, 11) is 0. The van der Waals surface area contributed by atoms with Crippen LogP contribution in [-0.4, -0.2) is 25.3 Å². The van der Waals surface area contributed by atoms with Crippen LogP contribution in [0, 0.1) is 6.92 Å². The number of alkyl halides is 2. The smallest absolute Gasteiger partial charge is 0.111 e. The maximum absolute atomic E-state index is 11.6. The first kappa shape index (κ1) is 13.3. The van der Waals surface area contributed by atoms with Crippen LogP contribution in [0.25, 0.3) is 0 Å². The van der Waals surface area contributed by atoms with E-state index in [-0.39, 0.29) is 6.10 Å². The maximum atomic E-state index is 11.6. The number of allylic oxidation sites excluding steroid dienone is 2. The monoisotopic (exact) mass is 221 g/mol. The van der Waals surface area contributed by atoms with Crippen LogP contribution in [0.2, 0.25) is 0 Å². The summed E-state index contributed by atoms with van der Waals surface area (Å²) in [5, 5.41) is 0. The lowest BCUT2D eigenvalue weighted by Gasteiger charge is -2.09. The van der Waals surface area contributed by atoms with Crippen LogP contribution < -0.4 is 0 Å². The molecule has 0 aliphatic carbocycles. The highest BCUT2D eigenvalue weighted by Gasteiger charge is 1.98. The second kappa shape index (κ2) is 10.4. The highest BCUT2D eigenvalue weighted by atomic mass is 35.5. The predicted octanol–water partition coefficient (Wildman–Crippen LogP) is 2.85. The van der Waals surface area contributed by atoms with Crippen LogP contribution in [0.1, 0.15) is 6.42 Å². The Bertz CT molecular complexity index is 172. The van der Waals surface area contributed by atoms with Gasteiger partial charge < -0.3 is 9.47 Å². The van der Waals surface area contributed by atoms with E-state index in [0.717, 1.165) is 0 Å². The Kier molecular flexibility index (Phi) is 9.86. The second-order valence-electron chi connectivity index (χ2n) is 2.47. The zero-order valence-corrected chi connectivity index (χ0v) is 8.75. The van der Waals surface area contributed by atoms with E-state index in [4.69, 9.17) is 21.1 Å². The fourth-order valence-electron chi connectivity index (χ4n) is 0.643. The Hall–Kier alpha value is -0.700. The Morgan fingerprint density at radius 1 is 1.36 bits per heavy atom. The zero-order chi connectivity index (χ0) is 10.6. The first-order chi connectivity index (χ1) is 6.81. The molecule has 0 aliphatic rings. The second-order valence-corrected chi connectivity index (χ2v) is 2.78. The van der Waals surface area contributed by atoms with Crippen LogP contribution >= 0.6 is 11.6 Å². The van der Waals surface area contributed by atoms with Crippen molar-refractivity contribution < 1.29 is 13.9 Å². The molecule has 0 spiro atoms. The van der Waals surface area contributed by atoms with E-state index in [1.807, 2.05) is 0 Å². The van der Waals surface area contributed by atoms with Crippen LogP contribution in [0.15, 0.2) is 24.7 Å². The van der Waals surface area contributed by atoms with Gasteiger partial charge in [0.05, 0.1) is 19.1 Å². The standard InChI is InChI=1S/C10H15ClFO2/c1-10(14-8-2-5-11)4-9-13-7-3-6-12/h2-3,7-8,10H,1,4-6,9H2. The molecular formula is C10H15ClFO2. The SMILES string of the molecule is [CH2]C(CCOC=CCF)OC=CCCl. The molecule has 1 atom stereocenters. The lowest BCUT2D eigenvalue weighted by Crippen LogP contribution is -2.07. The maximum Gasteiger partial charge on any atom is 0.111 e. The van der Waals surface area contributed by atoms with Crippen molar-refractivity contribution in [2.24, 2.45) is 0 Å². The van der Waals surface area contributed by atoms with Gasteiger partial charge in [0.25, 0.3) is 0 Å². The largest absolute Gasteiger partial charge is 0.501 e. The summed E-state index contributed by atoms with van der Waals surface area (Å²) in [4.78, 5) is 0. The topological polar surface area (TPSA) is 18.5 Å². The first-order valence-electron chi connectivity index (χ1n) is 4.33. The van der Waals surface area contributed by atoms with Crippen molar-refractivity contribution >= 4 is 11.6 Å². The number of rotatable bonds is 8. The van der Waals surface area contributed by atoms with Crippen LogP contribution in [-0.2, 0) is 9.47 Å². The molecule has 2 nitrogen and oxygen atoms in total. The van der Waals surface area contributed by atoms with Crippen molar-refractivity contribution in [1.29, 1.82) is 0 Å². The van der Waals surface area contributed by atoms with Crippen LogP contribution in [0.4, 0.5) is 4.39 Å². The van der Waals surface area contributed by atoms with Gasteiger partial charge >= 0.3 is 0 Å². The quantitative estimate of drug-likeness (QED) is 0.357. The summed E-state index contributed by atoms with van der Waals surface area (Å²) >= 11 is 5.39. The van der Waals surface area contributed by atoms with E-state index in [0.29, 0.717) is 18.9 Å². The molecule has 0 aromatic rings. The molecule has 0 rings (SSSR count). The minimum Gasteiger partial charge on any atom is -0.501 e. The van der Waals surface area contributed by atoms with E-state index in [9.17, 15) is 4.39 Å². The third-order valence-electron chi connectivity index (χ3n) is 1.30. The van der Waals surface area contributed by atoms with Crippen LogP contribution in [0.3, 0.4) is 0 Å². The molecule has 0 amide bonds. The molecule has 1 radical (unpaired) electrons. The normalized spacial score (nSPS) is 13.6. The fourth-order valence-corrected chi connectivity index (χ4v) is 0.716. The third-order valence-corrected chi connectivity index (χ3v) is 1.47. The molecular weight excluding hydrogens is 207 g/mol. The number of ether oxygens (including phenoxy) is 2. The van der Waals surface area contributed by atoms with Gasteiger partial charge in [-0.25, -0.2) is 4.39 Å². The van der Waals surface area contributed by atoms with Gasteiger partial charge in [-0.3, -0.25) is 0 Å². The lowest BCUT2D eigenvalue weighted by molar-refractivity contribution is 0.136. The Morgan fingerprint density at radius 3 is 2.79 bits per heavy atom. The van der Waals surface area contributed by atoms with E-state index in [1.54, 1.807) is 6.08 Å². The number of hydrogen-bond acceptors (Lipinski definition) is 2. The fraction of sp³-hybridized carbons (Fsp3) is 0.500. The minimum absolute atomic E-state index is 0.173. The molecule has 0 aromatic heterocycles. The Morgan fingerprint density at radius 2 is 2.14 bits per heavy atom. The molecule has 14 heavy (non-hydrogen) atoms. The predicted molar refractivity (Wildman–Crippen MR) is 55.8 cm³/mol. The first-order valence-corrected chi connectivity index (χ1v) is 4.86. The van der Waals surface area contributed by atoms with E-state index in [1.165, 1.54) is 18.6 Å². The van der Waals surface area contributed by atoms with Crippen molar-refractivity contribution in [3.63, 3.8) is 0 Å². The average molecular weight is 222 g/mol. The number of hydrogen-bond donors (Lipinski definition) is 0. The van der Waals surface area contributed by atoms with Gasteiger partial charge in [-0.15, -0.1) is 11.6 Å². The van der Waals surface area contributed by atoms with Gasteiger partial charge in [-0.05, 0) is 19.1 Å². The summed E-state index contributed by atoms with van der Waals surface area (Å²) in [6.45, 7) is 3.68. The lowest BCUT2D eigenvalue weighted by atomic mass is 10.3.